The predicted molar refractivity (Wildman–Crippen MR) is 43.0 cm³/mol. The first-order chi connectivity index (χ1) is 6.07. The minimum atomic E-state index is -4.22. The van der Waals surface area contributed by atoms with Gasteiger partial charge < -0.3 is 0 Å². The number of hydrogen-bond acceptors (Lipinski definition) is 0. The Kier molecular flexibility index (Phi) is 1.82. The Morgan fingerprint density at radius 1 is 1.08 bits per heavy atom. The second-order valence-corrected chi connectivity index (χ2v) is 3.18. The lowest BCUT2D eigenvalue weighted by molar-refractivity contribution is -0.137. The largest absolute Gasteiger partial charge is 0.416 e. The number of benzene rings is 1. The van der Waals surface area contributed by atoms with Crippen molar-refractivity contribution in [3.05, 3.63) is 41.3 Å². The SMILES string of the molecule is FC(F)(F)c1cccc([C]2CC2)c1. The molecule has 0 heterocycles. The van der Waals surface area contributed by atoms with Crippen LogP contribution >= 0.6 is 0 Å². The summed E-state index contributed by atoms with van der Waals surface area (Å²) in [6.45, 7) is 0. The van der Waals surface area contributed by atoms with Crippen LogP contribution in [0.15, 0.2) is 24.3 Å². The third-order valence-corrected chi connectivity index (χ3v) is 2.10. The monoisotopic (exact) mass is 185 g/mol. The van der Waals surface area contributed by atoms with Gasteiger partial charge in [0.25, 0.3) is 0 Å². The number of rotatable bonds is 1. The van der Waals surface area contributed by atoms with Gasteiger partial charge in [-0.05, 0) is 24.5 Å². The molecule has 2 rings (SSSR count). The van der Waals surface area contributed by atoms with Crippen LogP contribution in [0.4, 0.5) is 13.2 Å². The molecular formula is C10H8F3. The fourth-order valence-electron chi connectivity index (χ4n) is 1.27. The van der Waals surface area contributed by atoms with E-state index in [1.807, 2.05) is 0 Å². The molecule has 1 aromatic carbocycles. The third-order valence-electron chi connectivity index (χ3n) is 2.10. The van der Waals surface area contributed by atoms with Crippen molar-refractivity contribution in [2.45, 2.75) is 19.0 Å². The van der Waals surface area contributed by atoms with Crippen LogP contribution in [0.2, 0.25) is 0 Å². The highest BCUT2D eigenvalue weighted by Gasteiger charge is 2.32. The predicted octanol–water partition coefficient (Wildman–Crippen LogP) is 3.42. The number of hydrogen-bond donors (Lipinski definition) is 0. The van der Waals surface area contributed by atoms with Gasteiger partial charge in [0, 0.05) is 5.92 Å². The molecule has 1 saturated carbocycles. The number of alkyl halides is 3. The van der Waals surface area contributed by atoms with Crippen molar-refractivity contribution < 1.29 is 13.2 Å². The van der Waals surface area contributed by atoms with Gasteiger partial charge in [0.05, 0.1) is 5.56 Å². The summed E-state index contributed by atoms with van der Waals surface area (Å²) in [7, 11) is 0. The molecule has 3 heteroatoms. The van der Waals surface area contributed by atoms with E-state index in [1.165, 1.54) is 12.1 Å². The van der Waals surface area contributed by atoms with E-state index in [2.05, 4.69) is 0 Å². The van der Waals surface area contributed by atoms with Crippen molar-refractivity contribution in [3.8, 4) is 0 Å². The molecule has 1 radical (unpaired) electrons. The topological polar surface area (TPSA) is 0 Å². The summed E-state index contributed by atoms with van der Waals surface area (Å²) in [5.41, 5.74) is 0.194. The van der Waals surface area contributed by atoms with Gasteiger partial charge in [0.2, 0.25) is 0 Å². The maximum atomic E-state index is 12.2. The lowest BCUT2D eigenvalue weighted by Gasteiger charge is -2.07. The zero-order valence-corrected chi connectivity index (χ0v) is 6.86. The summed E-state index contributed by atoms with van der Waals surface area (Å²) >= 11 is 0. The van der Waals surface area contributed by atoms with Crippen molar-refractivity contribution in [2.75, 3.05) is 0 Å². The van der Waals surface area contributed by atoms with Gasteiger partial charge in [-0.3, -0.25) is 0 Å². The molecule has 0 N–H and O–H groups in total. The summed E-state index contributed by atoms with van der Waals surface area (Å²) in [5.74, 6) is 1.13. The van der Waals surface area contributed by atoms with E-state index in [0.29, 0.717) is 0 Å². The van der Waals surface area contributed by atoms with E-state index in [4.69, 9.17) is 0 Å². The van der Waals surface area contributed by atoms with Crippen molar-refractivity contribution in [2.24, 2.45) is 0 Å². The van der Waals surface area contributed by atoms with Crippen LogP contribution in [-0.2, 0) is 6.18 Å². The van der Waals surface area contributed by atoms with Gasteiger partial charge in [0.1, 0.15) is 0 Å². The summed E-state index contributed by atoms with van der Waals surface area (Å²) < 4.78 is 36.7. The maximum Gasteiger partial charge on any atom is 0.416 e. The second-order valence-electron chi connectivity index (χ2n) is 3.18. The molecule has 0 amide bonds. The first-order valence-electron chi connectivity index (χ1n) is 4.10. The minimum absolute atomic E-state index is 0.551. The van der Waals surface area contributed by atoms with Crippen molar-refractivity contribution >= 4 is 0 Å². The molecular weight excluding hydrogens is 177 g/mol. The molecule has 0 aromatic heterocycles. The average molecular weight is 185 g/mol. The van der Waals surface area contributed by atoms with Crippen molar-refractivity contribution in [1.29, 1.82) is 0 Å². The molecule has 0 unspecified atom stereocenters. The molecule has 0 bridgehead atoms. The van der Waals surface area contributed by atoms with Crippen molar-refractivity contribution in [1.82, 2.24) is 0 Å². The standard InChI is InChI=1S/C10H8F3/c11-10(12,13)9-3-1-2-8(6-9)7-4-5-7/h1-3,6H,4-5H2. The average Bonchev–Trinajstić information content (AvgIpc) is 2.85. The van der Waals surface area contributed by atoms with Gasteiger partial charge in [-0.2, -0.15) is 13.2 Å². The van der Waals surface area contributed by atoms with Gasteiger partial charge in [0.15, 0.2) is 0 Å². The Hall–Kier alpha value is -0.990. The normalized spacial score (nSPS) is 17.5. The summed E-state index contributed by atoms with van der Waals surface area (Å²) in [5, 5.41) is 0. The third kappa shape index (κ3) is 1.85. The van der Waals surface area contributed by atoms with E-state index in [1.54, 1.807) is 6.07 Å². The van der Waals surface area contributed by atoms with Crippen LogP contribution in [-0.4, -0.2) is 0 Å². The lowest BCUT2D eigenvalue weighted by atomic mass is 10.1. The van der Waals surface area contributed by atoms with Gasteiger partial charge in [-0.15, -0.1) is 0 Å². The molecule has 1 aliphatic carbocycles. The van der Waals surface area contributed by atoms with Crippen LogP contribution in [0.3, 0.4) is 0 Å². The van der Waals surface area contributed by atoms with Gasteiger partial charge in [-0.1, -0.05) is 18.2 Å². The van der Waals surface area contributed by atoms with Crippen LogP contribution in [0.1, 0.15) is 24.0 Å². The fourth-order valence-corrected chi connectivity index (χ4v) is 1.27. The Balaban J connectivity index is 2.32. The lowest BCUT2D eigenvalue weighted by Crippen LogP contribution is -2.04. The molecule has 0 nitrogen and oxygen atoms in total. The van der Waals surface area contributed by atoms with Crippen LogP contribution in [0, 0.1) is 5.92 Å². The molecule has 0 aliphatic heterocycles. The smallest absolute Gasteiger partial charge is 0.166 e. The molecule has 13 heavy (non-hydrogen) atoms. The molecule has 1 aliphatic rings. The zero-order valence-electron chi connectivity index (χ0n) is 6.86. The van der Waals surface area contributed by atoms with E-state index < -0.39 is 11.7 Å². The molecule has 1 fully saturated rings. The Bertz CT molecular complexity index is 310. The fraction of sp³-hybridized carbons (Fsp3) is 0.300. The van der Waals surface area contributed by atoms with E-state index in [9.17, 15) is 13.2 Å². The molecule has 0 atom stereocenters. The highest BCUT2D eigenvalue weighted by atomic mass is 19.4. The number of halogens is 3. The van der Waals surface area contributed by atoms with Gasteiger partial charge in [-0.25, -0.2) is 0 Å². The van der Waals surface area contributed by atoms with Crippen LogP contribution in [0.5, 0.6) is 0 Å². The highest BCUT2D eigenvalue weighted by Crippen LogP contribution is 2.40. The van der Waals surface area contributed by atoms with Crippen molar-refractivity contribution in [3.63, 3.8) is 0 Å². The first kappa shape index (κ1) is 8.60. The zero-order chi connectivity index (χ0) is 9.47. The van der Waals surface area contributed by atoms with Crippen LogP contribution < -0.4 is 0 Å². The van der Waals surface area contributed by atoms with E-state index >= 15 is 0 Å². The van der Waals surface area contributed by atoms with Gasteiger partial charge >= 0.3 is 6.18 Å². The molecule has 0 spiro atoms. The summed E-state index contributed by atoms with van der Waals surface area (Å²) in [6.07, 6.45) is -2.33. The highest BCUT2D eigenvalue weighted by molar-refractivity contribution is 5.40. The Labute approximate surface area is 74.4 Å². The summed E-state index contributed by atoms with van der Waals surface area (Å²) in [4.78, 5) is 0. The maximum absolute atomic E-state index is 12.2. The minimum Gasteiger partial charge on any atom is -0.166 e. The first-order valence-corrected chi connectivity index (χ1v) is 4.10. The van der Waals surface area contributed by atoms with Crippen LogP contribution in [0.25, 0.3) is 0 Å². The van der Waals surface area contributed by atoms with E-state index in [0.717, 1.165) is 30.4 Å². The second kappa shape index (κ2) is 2.76. The Morgan fingerprint density at radius 2 is 1.77 bits per heavy atom. The Morgan fingerprint density at radius 3 is 2.31 bits per heavy atom. The van der Waals surface area contributed by atoms with E-state index in [-0.39, 0.29) is 0 Å². The molecule has 0 saturated heterocycles. The summed E-state index contributed by atoms with van der Waals surface area (Å²) in [6, 6.07) is 5.52. The molecule has 1 aromatic rings. The molecule has 69 valence electrons. The quantitative estimate of drug-likeness (QED) is 0.628.